The zero-order valence-corrected chi connectivity index (χ0v) is 44.7. The maximum atomic E-state index is 12.3. The molecule has 0 bridgehead atoms. The highest BCUT2D eigenvalue weighted by Gasteiger charge is 2.03. The fourth-order valence-electron chi connectivity index (χ4n) is 4.99. The molecule has 8 aromatic rings. The Morgan fingerprint density at radius 1 is 0.317 bits per heavy atom. The van der Waals surface area contributed by atoms with Crippen LogP contribution in [0.4, 0.5) is 38.5 Å². The molecule has 3 nitrogen and oxygen atoms in total. The summed E-state index contributed by atoms with van der Waals surface area (Å²) in [4.78, 5) is 0. The Hall–Kier alpha value is -3.30. The van der Waals surface area contributed by atoms with Gasteiger partial charge in [-0.1, -0.05) is 124 Å². The van der Waals surface area contributed by atoms with Gasteiger partial charge in [0.1, 0.15) is 5.82 Å². The zero-order chi connectivity index (χ0) is 44.0. The lowest BCUT2D eigenvalue weighted by atomic mass is 10.1. The quantitative estimate of drug-likeness (QED) is 0.145. The molecule has 0 fully saturated rings. The van der Waals surface area contributed by atoms with Crippen molar-refractivity contribution < 1.29 is 4.39 Å². The summed E-state index contributed by atoms with van der Waals surface area (Å²) in [7, 11) is 0. The van der Waals surface area contributed by atoms with Crippen LogP contribution in [0.2, 0.25) is 0 Å². The summed E-state index contributed by atoms with van der Waals surface area (Å²) in [6, 6.07) is 63.4. The molecule has 8 aromatic carbocycles. The number of anilines is 6. The summed E-state index contributed by atoms with van der Waals surface area (Å²) < 4.78 is 19.4. The second-order valence-corrected chi connectivity index (χ2v) is 19.0. The van der Waals surface area contributed by atoms with Crippen LogP contribution in [-0.4, -0.2) is 0 Å². The Kier molecular flexibility index (Phi) is 27.3. The van der Waals surface area contributed by atoms with Crippen LogP contribution in [0.25, 0.3) is 0 Å². The maximum absolute atomic E-state index is 12.3. The van der Waals surface area contributed by atoms with E-state index in [4.69, 9.17) is 0 Å². The number of nitrogens with one attached hydrogen (secondary N) is 3. The third-order valence-electron chi connectivity index (χ3n) is 8.24. The molecule has 8 rings (SSSR count). The molecule has 0 aromatic heterocycles. The summed E-state index contributed by atoms with van der Waals surface area (Å²) in [5, 5.41) is 10.1. The van der Waals surface area contributed by atoms with Gasteiger partial charge in [0, 0.05) is 37.3 Å². The molecule has 0 atom stereocenters. The standard InChI is InChI=1S/C14H15N.2C12H9Br2N.C6H4BrF.C6H4BrI.2CH4/c1-11-7-3-5-9-13(11)15-14-10-6-4-8-12(14)2;2*13-9-5-1-3-7-11(9)15-12-8-4-2-6-10(12)14;2*7-5-3-1-2-4-6(5)8;;/h3-10,15H,1-2H3;2*1-8,15H;2*1-4H;2*1H4. The lowest BCUT2D eigenvalue weighted by Gasteiger charge is -2.11. The Morgan fingerprint density at radius 2 is 0.556 bits per heavy atom. The number of benzene rings is 8. The lowest BCUT2D eigenvalue weighted by Crippen LogP contribution is -1.94. The van der Waals surface area contributed by atoms with E-state index in [9.17, 15) is 4.39 Å². The summed E-state index contributed by atoms with van der Waals surface area (Å²) in [6.45, 7) is 4.22. The van der Waals surface area contributed by atoms with E-state index >= 15 is 0 Å². The number of rotatable bonds is 6. The molecular formula is C52H49Br6FIN3. The van der Waals surface area contributed by atoms with Gasteiger partial charge in [0.15, 0.2) is 0 Å². The minimum atomic E-state index is -0.215. The van der Waals surface area contributed by atoms with Gasteiger partial charge in [0.05, 0.1) is 27.2 Å². The van der Waals surface area contributed by atoms with Gasteiger partial charge in [-0.25, -0.2) is 4.39 Å². The van der Waals surface area contributed by atoms with E-state index in [0.29, 0.717) is 4.47 Å². The van der Waals surface area contributed by atoms with Crippen LogP contribution in [0.15, 0.2) is 221 Å². The minimum Gasteiger partial charge on any atom is -0.355 e. The number of para-hydroxylation sites is 6. The van der Waals surface area contributed by atoms with Crippen LogP contribution >= 0.6 is 118 Å². The van der Waals surface area contributed by atoms with Gasteiger partial charge >= 0.3 is 0 Å². The predicted octanol–water partition coefficient (Wildman–Crippen LogP) is 20.9. The molecule has 0 amide bonds. The van der Waals surface area contributed by atoms with Crippen LogP contribution in [0.5, 0.6) is 0 Å². The van der Waals surface area contributed by atoms with Crippen molar-refractivity contribution in [1.82, 2.24) is 0 Å². The number of hydrogen-bond donors (Lipinski definition) is 3. The third-order valence-corrected chi connectivity index (χ3v) is 14.0. The van der Waals surface area contributed by atoms with Crippen molar-refractivity contribution in [2.24, 2.45) is 0 Å². The van der Waals surface area contributed by atoms with E-state index in [0.717, 1.165) is 40.6 Å². The molecule has 3 N–H and O–H groups in total. The second-order valence-electron chi connectivity index (χ2n) is 12.8. The van der Waals surface area contributed by atoms with E-state index in [2.05, 4.69) is 190 Å². The zero-order valence-electron chi connectivity index (χ0n) is 33.0. The van der Waals surface area contributed by atoms with Crippen molar-refractivity contribution in [2.75, 3.05) is 16.0 Å². The molecular weight excluding hydrogens is 1290 g/mol. The largest absolute Gasteiger partial charge is 0.355 e. The van der Waals surface area contributed by atoms with Crippen molar-refractivity contribution >= 4 is 152 Å². The van der Waals surface area contributed by atoms with Gasteiger partial charge in [-0.05, 0) is 228 Å². The summed E-state index contributed by atoms with van der Waals surface area (Å²) >= 11 is 22.7. The fourth-order valence-corrected chi connectivity index (χ4v) is 7.48. The van der Waals surface area contributed by atoms with Crippen LogP contribution in [-0.2, 0) is 0 Å². The van der Waals surface area contributed by atoms with E-state index in [1.54, 1.807) is 18.2 Å². The Labute approximate surface area is 438 Å². The van der Waals surface area contributed by atoms with Gasteiger partial charge in [-0.15, -0.1) is 0 Å². The third kappa shape index (κ3) is 20.2. The Balaban J connectivity index is 0.000000275. The highest BCUT2D eigenvalue weighted by Crippen LogP contribution is 2.31. The van der Waals surface area contributed by atoms with Gasteiger partial charge in [0.2, 0.25) is 0 Å². The van der Waals surface area contributed by atoms with Crippen LogP contribution in [0.3, 0.4) is 0 Å². The average Bonchev–Trinajstić information content (AvgIpc) is 3.26. The monoisotopic (exact) mass is 1330 g/mol. The van der Waals surface area contributed by atoms with Crippen molar-refractivity contribution in [3.05, 3.63) is 241 Å². The molecule has 0 spiro atoms. The molecule has 0 saturated carbocycles. The number of halogens is 8. The fraction of sp³-hybridized carbons (Fsp3) is 0.0769. The van der Waals surface area contributed by atoms with Crippen LogP contribution in [0, 0.1) is 23.2 Å². The molecule has 0 saturated heterocycles. The van der Waals surface area contributed by atoms with Crippen LogP contribution < -0.4 is 16.0 Å². The molecule has 0 aliphatic carbocycles. The van der Waals surface area contributed by atoms with Crippen molar-refractivity contribution in [2.45, 2.75) is 28.7 Å². The molecule has 0 radical (unpaired) electrons. The Morgan fingerprint density at radius 3 is 0.794 bits per heavy atom. The molecule has 0 aliphatic rings. The van der Waals surface area contributed by atoms with Crippen molar-refractivity contribution in [3.8, 4) is 0 Å². The summed E-state index contributed by atoms with van der Waals surface area (Å²) in [5.41, 5.74) is 9.11. The lowest BCUT2D eigenvalue weighted by molar-refractivity contribution is 0.621. The van der Waals surface area contributed by atoms with Crippen molar-refractivity contribution in [1.29, 1.82) is 0 Å². The van der Waals surface area contributed by atoms with Gasteiger partial charge in [-0.3, -0.25) is 0 Å². The SMILES string of the molecule is Brc1ccccc1I.Brc1ccccc1Nc1ccccc1Br.Brc1ccccc1Nc1ccccc1Br.C.C.Cc1ccccc1Nc1ccccc1C.Fc1ccccc1Br. The van der Waals surface area contributed by atoms with E-state index in [1.165, 1.54) is 36.6 Å². The van der Waals surface area contributed by atoms with E-state index in [-0.39, 0.29) is 20.7 Å². The van der Waals surface area contributed by atoms with E-state index < -0.39 is 0 Å². The predicted molar refractivity (Wildman–Crippen MR) is 303 cm³/mol. The second kappa shape index (κ2) is 30.8. The van der Waals surface area contributed by atoms with Crippen LogP contribution in [0.1, 0.15) is 26.0 Å². The Bertz CT molecular complexity index is 2150. The summed E-state index contributed by atoms with van der Waals surface area (Å²) in [5.74, 6) is -0.215. The summed E-state index contributed by atoms with van der Waals surface area (Å²) in [6.07, 6.45) is 0. The highest BCUT2D eigenvalue weighted by atomic mass is 127. The normalized spacial score (nSPS) is 9.49. The first kappa shape index (κ1) is 55.8. The van der Waals surface area contributed by atoms with Gasteiger partial charge < -0.3 is 16.0 Å². The first-order valence-corrected chi connectivity index (χ1v) is 24.5. The van der Waals surface area contributed by atoms with E-state index in [1.807, 2.05) is 127 Å². The highest BCUT2D eigenvalue weighted by molar-refractivity contribution is 14.1. The number of hydrogen-bond acceptors (Lipinski definition) is 3. The first-order valence-electron chi connectivity index (χ1n) is 18.6. The smallest absolute Gasteiger partial charge is 0.137 e. The molecule has 63 heavy (non-hydrogen) atoms. The van der Waals surface area contributed by atoms with Crippen molar-refractivity contribution in [3.63, 3.8) is 0 Å². The molecule has 0 aliphatic heterocycles. The number of aryl methyl sites for hydroxylation is 2. The minimum absolute atomic E-state index is 0. The molecule has 0 heterocycles. The maximum Gasteiger partial charge on any atom is 0.137 e. The topological polar surface area (TPSA) is 36.1 Å². The average molecular weight is 1340 g/mol. The first-order chi connectivity index (χ1) is 29.4. The van der Waals surface area contributed by atoms with Gasteiger partial charge in [-0.2, -0.15) is 0 Å². The molecule has 0 unspecified atom stereocenters. The molecule has 328 valence electrons. The molecule has 11 heteroatoms. The van der Waals surface area contributed by atoms with Gasteiger partial charge in [0.25, 0.3) is 0 Å².